The van der Waals surface area contributed by atoms with Gasteiger partial charge in [0.1, 0.15) is 0 Å². The summed E-state index contributed by atoms with van der Waals surface area (Å²) in [5.41, 5.74) is 2.85. The first-order valence-electron chi connectivity index (χ1n) is 10.4. The molecule has 160 valence electrons. The highest BCUT2D eigenvalue weighted by molar-refractivity contribution is 6.36. The van der Waals surface area contributed by atoms with Gasteiger partial charge in [-0.3, -0.25) is 19.8 Å². The van der Waals surface area contributed by atoms with Crippen molar-refractivity contribution >= 4 is 40.8 Å². The van der Waals surface area contributed by atoms with Gasteiger partial charge in [0.05, 0.1) is 22.9 Å². The molecule has 3 saturated heterocycles. The summed E-state index contributed by atoms with van der Waals surface area (Å²) in [6.07, 6.45) is 2.45. The zero-order valence-electron chi connectivity index (χ0n) is 16.9. The lowest BCUT2D eigenvalue weighted by Gasteiger charge is -2.33. The lowest BCUT2D eigenvalue weighted by atomic mass is 9.94. The molecule has 31 heavy (non-hydrogen) atoms. The maximum atomic E-state index is 12.6. The third-order valence-electron chi connectivity index (χ3n) is 6.37. The maximum Gasteiger partial charge on any atom is 0.328 e. The van der Waals surface area contributed by atoms with Crippen LogP contribution in [0.3, 0.4) is 0 Å². The topological polar surface area (TPSA) is 79.0 Å². The Morgan fingerprint density at radius 1 is 1.00 bits per heavy atom. The molecule has 1 spiro atoms. The molecule has 3 aliphatic rings. The number of carbonyl (C=O) groups excluding carboxylic acids is 3. The van der Waals surface area contributed by atoms with Crippen molar-refractivity contribution in [2.24, 2.45) is 0 Å². The minimum atomic E-state index is -0.470. The van der Waals surface area contributed by atoms with Gasteiger partial charge in [0, 0.05) is 37.2 Å². The first-order valence-corrected chi connectivity index (χ1v) is 10.8. The summed E-state index contributed by atoms with van der Waals surface area (Å²) in [5, 5.41) is 2.76. The number of carbonyl (C=O) groups is 3. The van der Waals surface area contributed by atoms with Crippen LogP contribution in [-0.4, -0.2) is 43.1 Å². The van der Waals surface area contributed by atoms with Crippen molar-refractivity contribution in [2.45, 2.75) is 31.2 Å². The van der Waals surface area contributed by atoms with Crippen molar-refractivity contribution in [3.05, 3.63) is 47.5 Å². The Kier molecular flexibility index (Phi) is 4.95. The second-order valence-corrected chi connectivity index (χ2v) is 8.57. The van der Waals surface area contributed by atoms with Crippen molar-refractivity contribution in [1.29, 1.82) is 0 Å². The summed E-state index contributed by atoms with van der Waals surface area (Å²) in [5.74, 6) is -0.157. The van der Waals surface area contributed by atoms with E-state index in [1.807, 2.05) is 41.3 Å². The summed E-state index contributed by atoms with van der Waals surface area (Å²) in [6, 6.07) is 12.8. The monoisotopic (exact) mass is 439 g/mol. The average molecular weight is 440 g/mol. The molecule has 3 heterocycles. The van der Waals surface area contributed by atoms with Gasteiger partial charge in [-0.15, -0.1) is 0 Å². The molecule has 0 aliphatic carbocycles. The van der Waals surface area contributed by atoms with E-state index in [0.717, 1.165) is 29.7 Å². The summed E-state index contributed by atoms with van der Waals surface area (Å²) in [4.78, 5) is 39.7. The van der Waals surface area contributed by atoms with Crippen molar-refractivity contribution < 1.29 is 19.1 Å². The van der Waals surface area contributed by atoms with E-state index in [1.54, 1.807) is 6.07 Å². The van der Waals surface area contributed by atoms with E-state index in [9.17, 15) is 14.4 Å². The molecule has 3 fully saturated rings. The van der Waals surface area contributed by atoms with Gasteiger partial charge < -0.3 is 9.64 Å². The molecule has 3 aliphatic heterocycles. The molecule has 8 heteroatoms. The number of ether oxygens (including phenoxy) is 1. The molecule has 5 rings (SSSR count). The minimum absolute atomic E-state index is 0.129. The highest BCUT2D eigenvalue weighted by atomic mass is 35.5. The predicted molar refractivity (Wildman–Crippen MR) is 117 cm³/mol. The molecular weight excluding hydrogens is 418 g/mol. The van der Waals surface area contributed by atoms with Crippen LogP contribution in [-0.2, 0) is 14.3 Å². The third kappa shape index (κ3) is 3.38. The van der Waals surface area contributed by atoms with Crippen molar-refractivity contribution in [1.82, 2.24) is 5.32 Å². The number of hydrogen-bond acceptors (Lipinski definition) is 4. The number of benzene rings is 2. The quantitative estimate of drug-likeness (QED) is 0.790. The van der Waals surface area contributed by atoms with Crippen LogP contribution in [0.4, 0.5) is 16.2 Å². The van der Waals surface area contributed by atoms with Crippen molar-refractivity contribution in [2.75, 3.05) is 29.6 Å². The Balaban J connectivity index is 1.45. The standard InChI is InChI=1S/C23H22ClN3O4/c24-21-17(2-1-3-18(21)26-12-9-19(28)25-22(26)30)15-4-6-16(7-5-15)27-20(29)8-10-23(27)11-13-31-14-23/h1-7H,8-14H2,(H,25,28,30). The molecular formula is C23H22ClN3O4. The summed E-state index contributed by atoms with van der Waals surface area (Å²) in [6.45, 7) is 1.54. The number of nitrogens with one attached hydrogen (secondary N) is 1. The predicted octanol–water partition coefficient (Wildman–Crippen LogP) is 3.74. The number of nitrogens with zero attached hydrogens (tertiary/aromatic N) is 2. The lowest BCUT2D eigenvalue weighted by molar-refractivity contribution is -0.120. The van der Waals surface area contributed by atoms with Gasteiger partial charge in [-0.05, 0) is 36.6 Å². The molecule has 1 N–H and O–H groups in total. The fraction of sp³-hybridized carbons (Fsp3) is 0.348. The zero-order valence-corrected chi connectivity index (χ0v) is 17.7. The fourth-order valence-electron chi connectivity index (χ4n) is 4.75. The number of hydrogen-bond donors (Lipinski definition) is 1. The molecule has 0 bridgehead atoms. The summed E-state index contributed by atoms with van der Waals surface area (Å²) < 4.78 is 5.61. The third-order valence-corrected chi connectivity index (χ3v) is 6.77. The van der Waals surface area contributed by atoms with Gasteiger partial charge in [0.25, 0.3) is 0 Å². The largest absolute Gasteiger partial charge is 0.379 e. The molecule has 0 saturated carbocycles. The van der Waals surface area contributed by atoms with Gasteiger partial charge in [-0.2, -0.15) is 0 Å². The number of imide groups is 1. The van der Waals surface area contributed by atoms with E-state index in [4.69, 9.17) is 16.3 Å². The molecule has 0 aromatic heterocycles. The van der Waals surface area contributed by atoms with Gasteiger partial charge >= 0.3 is 6.03 Å². The van der Waals surface area contributed by atoms with Crippen LogP contribution in [0.2, 0.25) is 5.02 Å². The number of rotatable bonds is 3. The Bertz CT molecular complexity index is 1060. The highest BCUT2D eigenvalue weighted by Gasteiger charge is 2.48. The number of urea groups is 1. The number of halogens is 1. The van der Waals surface area contributed by atoms with Crippen LogP contribution in [0.1, 0.15) is 25.7 Å². The molecule has 0 radical (unpaired) electrons. The molecule has 7 nitrogen and oxygen atoms in total. The first-order chi connectivity index (χ1) is 15.0. The SMILES string of the molecule is O=C1CCN(c2cccc(-c3ccc(N4C(=O)CCC45CCOC5)cc3)c2Cl)C(=O)N1. The van der Waals surface area contributed by atoms with E-state index in [0.29, 0.717) is 30.3 Å². The van der Waals surface area contributed by atoms with Crippen molar-refractivity contribution in [3.63, 3.8) is 0 Å². The zero-order chi connectivity index (χ0) is 21.6. The van der Waals surface area contributed by atoms with E-state index in [-0.39, 0.29) is 30.3 Å². The van der Waals surface area contributed by atoms with Gasteiger partial charge in [-0.1, -0.05) is 35.9 Å². The van der Waals surface area contributed by atoms with E-state index >= 15 is 0 Å². The second-order valence-electron chi connectivity index (χ2n) is 8.20. The van der Waals surface area contributed by atoms with Crippen LogP contribution in [0.5, 0.6) is 0 Å². The average Bonchev–Trinajstić information content (AvgIpc) is 3.36. The van der Waals surface area contributed by atoms with E-state index < -0.39 is 6.03 Å². The summed E-state index contributed by atoms with van der Waals surface area (Å²) in [7, 11) is 0. The second kappa shape index (κ2) is 7.66. The fourth-order valence-corrected chi connectivity index (χ4v) is 5.09. The Hall–Kier alpha value is -2.90. The maximum absolute atomic E-state index is 12.6. The van der Waals surface area contributed by atoms with E-state index in [1.165, 1.54) is 4.90 Å². The smallest absolute Gasteiger partial charge is 0.328 e. The van der Waals surface area contributed by atoms with Crippen LogP contribution in [0, 0.1) is 0 Å². The molecule has 1 atom stereocenters. The molecule has 4 amide bonds. The van der Waals surface area contributed by atoms with Crippen LogP contribution in [0.25, 0.3) is 11.1 Å². The lowest BCUT2D eigenvalue weighted by Crippen LogP contribution is -2.49. The van der Waals surface area contributed by atoms with E-state index in [2.05, 4.69) is 5.32 Å². The number of amides is 4. The van der Waals surface area contributed by atoms with Crippen molar-refractivity contribution in [3.8, 4) is 11.1 Å². The van der Waals surface area contributed by atoms with Gasteiger partial charge in [0.15, 0.2) is 0 Å². The normalized spacial score (nSPS) is 23.7. The molecule has 1 unspecified atom stereocenters. The summed E-state index contributed by atoms with van der Waals surface area (Å²) >= 11 is 6.68. The van der Waals surface area contributed by atoms with Crippen LogP contribution < -0.4 is 15.1 Å². The Morgan fingerprint density at radius 2 is 1.81 bits per heavy atom. The molecule has 2 aromatic carbocycles. The first kappa shape index (κ1) is 20.0. The highest BCUT2D eigenvalue weighted by Crippen LogP contribution is 2.42. The van der Waals surface area contributed by atoms with Crippen LogP contribution >= 0.6 is 11.6 Å². The minimum Gasteiger partial charge on any atom is -0.379 e. The Labute approximate surface area is 184 Å². The van der Waals surface area contributed by atoms with Gasteiger partial charge in [-0.25, -0.2) is 4.79 Å². The Morgan fingerprint density at radius 3 is 2.52 bits per heavy atom. The van der Waals surface area contributed by atoms with Crippen LogP contribution in [0.15, 0.2) is 42.5 Å². The number of anilines is 2. The van der Waals surface area contributed by atoms with Gasteiger partial charge in [0.2, 0.25) is 11.8 Å². The molecule has 2 aromatic rings.